The van der Waals surface area contributed by atoms with E-state index in [1.165, 1.54) is 0 Å². The summed E-state index contributed by atoms with van der Waals surface area (Å²) in [6.07, 6.45) is 3.02. The third-order valence-corrected chi connectivity index (χ3v) is 8.60. The molecule has 0 bridgehead atoms. The number of carbonyl (C=O) groups excluding carboxylic acids is 2. The predicted molar refractivity (Wildman–Crippen MR) is 81.0 cm³/mol. The summed E-state index contributed by atoms with van der Waals surface area (Å²) in [5, 5.41) is 0.0754. The molecule has 20 heavy (non-hydrogen) atoms. The molecular weight excluding hydrogens is 272 g/mol. The molecule has 0 aromatic rings. The van der Waals surface area contributed by atoms with E-state index in [9.17, 15) is 9.59 Å². The fraction of sp³-hybridized carbons (Fsp3) is 0.733. The van der Waals surface area contributed by atoms with E-state index in [-0.39, 0.29) is 23.2 Å². The van der Waals surface area contributed by atoms with Crippen LogP contribution in [0.3, 0.4) is 0 Å². The zero-order chi connectivity index (χ0) is 15.6. The number of rotatable bonds is 6. The van der Waals surface area contributed by atoms with Crippen molar-refractivity contribution in [1.29, 1.82) is 0 Å². The van der Waals surface area contributed by atoms with Crippen LogP contribution in [-0.4, -0.2) is 32.8 Å². The molecule has 0 saturated heterocycles. The number of cyclic esters (lactones) is 1. The van der Waals surface area contributed by atoms with Crippen molar-refractivity contribution in [3.63, 3.8) is 0 Å². The van der Waals surface area contributed by atoms with E-state index in [2.05, 4.69) is 33.9 Å². The molecule has 0 N–H and O–H groups in total. The average Bonchev–Trinajstić information content (AvgIpc) is 2.55. The Morgan fingerprint density at radius 2 is 2.05 bits per heavy atom. The molecule has 4 nitrogen and oxygen atoms in total. The van der Waals surface area contributed by atoms with Gasteiger partial charge in [-0.3, -0.25) is 0 Å². The Balaban J connectivity index is 2.78. The fourth-order valence-electron chi connectivity index (χ4n) is 1.90. The molecule has 1 heterocycles. The summed E-state index contributed by atoms with van der Waals surface area (Å²) in [4.78, 5) is 22.5. The Bertz CT molecular complexity index is 407. The molecule has 0 aromatic heterocycles. The summed E-state index contributed by atoms with van der Waals surface area (Å²) in [5.41, 5.74) is 0.628. The molecule has 0 spiro atoms. The number of esters is 1. The molecule has 0 radical (unpaired) electrons. The van der Waals surface area contributed by atoms with Gasteiger partial charge in [-0.05, 0) is 31.1 Å². The van der Waals surface area contributed by atoms with Gasteiger partial charge < -0.3 is 14.0 Å². The van der Waals surface area contributed by atoms with Crippen LogP contribution in [0.25, 0.3) is 0 Å². The van der Waals surface area contributed by atoms with Crippen molar-refractivity contribution >= 4 is 20.6 Å². The van der Waals surface area contributed by atoms with E-state index in [0.717, 1.165) is 6.29 Å². The summed E-state index contributed by atoms with van der Waals surface area (Å²) in [5.74, 6) is -0.285. The van der Waals surface area contributed by atoms with Gasteiger partial charge in [-0.25, -0.2) is 4.79 Å². The number of aldehydes is 1. The molecule has 0 aromatic carbocycles. The predicted octanol–water partition coefficient (Wildman–Crippen LogP) is 3.23. The Morgan fingerprint density at radius 3 is 2.45 bits per heavy atom. The van der Waals surface area contributed by atoms with Crippen LogP contribution in [0.15, 0.2) is 11.6 Å². The Morgan fingerprint density at radius 1 is 1.45 bits per heavy atom. The van der Waals surface area contributed by atoms with E-state index < -0.39 is 8.32 Å². The summed E-state index contributed by atoms with van der Waals surface area (Å²) >= 11 is 0. The van der Waals surface area contributed by atoms with Crippen LogP contribution in [-0.2, 0) is 18.8 Å². The van der Waals surface area contributed by atoms with Crippen LogP contribution < -0.4 is 0 Å². The second-order valence-electron chi connectivity index (χ2n) is 6.91. The molecule has 5 heteroatoms. The lowest BCUT2D eigenvalue weighted by molar-refractivity contribution is -0.139. The lowest BCUT2D eigenvalue weighted by Crippen LogP contribution is -2.44. The first kappa shape index (κ1) is 17.1. The van der Waals surface area contributed by atoms with Crippen molar-refractivity contribution in [2.45, 2.75) is 70.9 Å². The van der Waals surface area contributed by atoms with E-state index in [4.69, 9.17) is 9.16 Å². The third kappa shape index (κ3) is 4.28. The third-order valence-electron chi connectivity index (χ3n) is 4.07. The molecule has 1 rings (SSSR count). The van der Waals surface area contributed by atoms with Crippen molar-refractivity contribution in [3.8, 4) is 0 Å². The lowest BCUT2D eigenvalue weighted by atomic mass is 10.1. The summed E-state index contributed by atoms with van der Waals surface area (Å²) in [6, 6.07) is 0. The van der Waals surface area contributed by atoms with Gasteiger partial charge in [-0.2, -0.15) is 0 Å². The normalized spacial score (nSPS) is 21.4. The van der Waals surface area contributed by atoms with Crippen molar-refractivity contribution < 1.29 is 18.8 Å². The fourth-order valence-corrected chi connectivity index (χ4v) is 3.27. The Labute approximate surface area is 122 Å². The molecule has 1 aliphatic heterocycles. The van der Waals surface area contributed by atoms with Crippen LogP contribution in [0.2, 0.25) is 18.1 Å². The quantitative estimate of drug-likeness (QED) is 0.429. The molecule has 114 valence electrons. The Hall–Kier alpha value is -0.943. The van der Waals surface area contributed by atoms with Crippen molar-refractivity contribution in [2.75, 3.05) is 0 Å². The first-order valence-corrected chi connectivity index (χ1v) is 10.0. The molecule has 0 amide bonds. The van der Waals surface area contributed by atoms with Gasteiger partial charge in [0.2, 0.25) is 0 Å². The van der Waals surface area contributed by atoms with Crippen molar-refractivity contribution in [3.05, 3.63) is 11.6 Å². The number of hydrogen-bond acceptors (Lipinski definition) is 4. The molecule has 0 unspecified atom stereocenters. The second-order valence-corrected chi connectivity index (χ2v) is 11.7. The molecule has 0 aliphatic carbocycles. The van der Waals surface area contributed by atoms with Gasteiger partial charge in [0, 0.05) is 18.4 Å². The highest BCUT2D eigenvalue weighted by molar-refractivity contribution is 6.74. The van der Waals surface area contributed by atoms with Crippen LogP contribution in [0, 0.1) is 0 Å². The van der Waals surface area contributed by atoms with Crippen molar-refractivity contribution in [2.24, 2.45) is 0 Å². The summed E-state index contributed by atoms with van der Waals surface area (Å²) in [7, 11) is -1.95. The van der Waals surface area contributed by atoms with E-state index in [1.54, 1.807) is 0 Å². The zero-order valence-electron chi connectivity index (χ0n) is 13.4. The highest BCUT2D eigenvalue weighted by Crippen LogP contribution is 2.38. The first-order valence-electron chi connectivity index (χ1n) is 7.10. The minimum atomic E-state index is -1.95. The molecule has 1 aliphatic rings. The van der Waals surface area contributed by atoms with Crippen LogP contribution in [0.5, 0.6) is 0 Å². The number of ether oxygens (including phenoxy) is 1. The van der Waals surface area contributed by atoms with Gasteiger partial charge in [0.15, 0.2) is 8.32 Å². The van der Waals surface area contributed by atoms with E-state index >= 15 is 0 Å². The minimum absolute atomic E-state index is 0.0754. The molecular formula is C15H26O4Si. The molecule has 2 atom stereocenters. The second kappa shape index (κ2) is 6.22. The number of hydrogen-bond donors (Lipinski definition) is 0. The highest BCUT2D eigenvalue weighted by Gasteiger charge is 2.39. The summed E-state index contributed by atoms with van der Waals surface area (Å²) in [6.45, 7) is 12.6. The average molecular weight is 298 g/mol. The zero-order valence-corrected chi connectivity index (χ0v) is 14.4. The minimum Gasteiger partial charge on any atom is -0.455 e. The topological polar surface area (TPSA) is 52.6 Å². The molecule has 0 fully saturated rings. The maximum Gasteiger partial charge on any atom is 0.334 e. The maximum atomic E-state index is 11.7. The maximum absolute atomic E-state index is 11.7. The van der Waals surface area contributed by atoms with Crippen LogP contribution >= 0.6 is 0 Å². The van der Waals surface area contributed by atoms with Gasteiger partial charge in [0.1, 0.15) is 12.4 Å². The van der Waals surface area contributed by atoms with Crippen LogP contribution in [0.1, 0.15) is 40.5 Å². The monoisotopic (exact) mass is 298 g/mol. The standard InChI is InChI=1S/C15H26O4Si/c1-11-9-12(14(17)18-11)10-13(7-8-16)19-20(5,6)15(2,3)4/h8-9,11,13H,7,10H2,1-6H3/t11-,13+/m0/s1. The van der Waals surface area contributed by atoms with Gasteiger partial charge in [0.25, 0.3) is 0 Å². The van der Waals surface area contributed by atoms with Crippen molar-refractivity contribution in [1.82, 2.24) is 0 Å². The van der Waals surface area contributed by atoms with Gasteiger partial charge in [0.05, 0.1) is 6.10 Å². The summed E-state index contributed by atoms with van der Waals surface area (Å²) < 4.78 is 11.3. The molecule has 0 saturated carbocycles. The van der Waals surface area contributed by atoms with E-state index in [1.807, 2.05) is 13.0 Å². The first-order chi connectivity index (χ1) is 9.06. The van der Waals surface area contributed by atoms with Crippen LogP contribution in [0.4, 0.5) is 0 Å². The van der Waals surface area contributed by atoms with Gasteiger partial charge in [-0.15, -0.1) is 0 Å². The SMILES string of the molecule is C[C@H]1C=C(C[C@@H](CC=O)O[Si](C)(C)C(C)(C)C)C(=O)O1. The lowest BCUT2D eigenvalue weighted by Gasteiger charge is -2.39. The van der Waals surface area contributed by atoms with E-state index in [0.29, 0.717) is 18.4 Å². The number of carbonyl (C=O) groups is 2. The Kier molecular flexibility index (Phi) is 5.32. The van der Waals surface area contributed by atoms with Gasteiger partial charge in [-0.1, -0.05) is 20.8 Å². The largest absolute Gasteiger partial charge is 0.455 e. The smallest absolute Gasteiger partial charge is 0.334 e. The van der Waals surface area contributed by atoms with Gasteiger partial charge >= 0.3 is 5.97 Å². The highest BCUT2D eigenvalue weighted by atomic mass is 28.4.